The first-order valence-electron chi connectivity index (χ1n) is 10.1. The highest BCUT2D eigenvalue weighted by molar-refractivity contribution is 5.85. The lowest BCUT2D eigenvalue weighted by atomic mass is 9.82. The second-order valence-electron chi connectivity index (χ2n) is 8.26. The summed E-state index contributed by atoms with van der Waals surface area (Å²) < 4.78 is 0. The van der Waals surface area contributed by atoms with E-state index in [4.69, 9.17) is 0 Å². The van der Waals surface area contributed by atoms with E-state index in [1.54, 1.807) is 0 Å². The number of nitrogens with zero attached hydrogens (tertiary/aromatic N) is 2. The summed E-state index contributed by atoms with van der Waals surface area (Å²) in [7, 11) is 0. The Bertz CT molecular complexity index is 748. The smallest absolute Gasteiger partial charge is 0.0789 e. The van der Waals surface area contributed by atoms with Crippen molar-refractivity contribution >= 4 is 18.1 Å². The second-order valence-corrected chi connectivity index (χ2v) is 8.26. The van der Waals surface area contributed by atoms with Crippen molar-refractivity contribution in [2.24, 2.45) is 0 Å². The van der Waals surface area contributed by atoms with Crippen LogP contribution in [-0.2, 0) is 12.8 Å². The number of piperidine rings is 1. The fourth-order valence-electron chi connectivity index (χ4n) is 5.59. The molecule has 4 heteroatoms. The maximum absolute atomic E-state index is 10.9. The zero-order valence-electron chi connectivity index (χ0n) is 15.8. The van der Waals surface area contributed by atoms with Gasteiger partial charge in [-0.05, 0) is 55.4 Å². The number of aliphatic hydroxyl groups is 1. The molecule has 0 aromatic heterocycles. The molecule has 1 N–H and O–H groups in total. The van der Waals surface area contributed by atoms with Crippen molar-refractivity contribution in [2.45, 2.75) is 49.8 Å². The molecule has 1 atom stereocenters. The molecule has 1 unspecified atom stereocenters. The maximum Gasteiger partial charge on any atom is 0.0789 e. The lowest BCUT2D eigenvalue weighted by Crippen LogP contribution is -2.58. The van der Waals surface area contributed by atoms with Gasteiger partial charge in [-0.25, -0.2) is 0 Å². The summed E-state index contributed by atoms with van der Waals surface area (Å²) in [6.45, 7) is 3.16. The number of anilines is 1. The fraction of sp³-hybridized carbons (Fsp3) is 0.478. The molecular formula is C23H29ClN2O. The topological polar surface area (TPSA) is 26.7 Å². The predicted octanol–water partition coefficient (Wildman–Crippen LogP) is 3.68. The third kappa shape index (κ3) is 3.16. The quantitative estimate of drug-likeness (QED) is 0.855. The molecule has 0 radical (unpaired) electrons. The summed E-state index contributed by atoms with van der Waals surface area (Å²) in [4.78, 5) is 5.18. The number of benzene rings is 2. The first-order valence-corrected chi connectivity index (χ1v) is 10.1. The summed E-state index contributed by atoms with van der Waals surface area (Å²) in [5.74, 6) is 0. The molecule has 3 nitrogen and oxygen atoms in total. The molecule has 0 saturated carbocycles. The Morgan fingerprint density at radius 1 is 0.815 bits per heavy atom. The minimum atomic E-state index is -0.203. The van der Waals surface area contributed by atoms with Crippen molar-refractivity contribution in [1.29, 1.82) is 0 Å². The Hall–Kier alpha value is -1.55. The van der Waals surface area contributed by atoms with Crippen LogP contribution in [0.4, 0.5) is 5.69 Å². The van der Waals surface area contributed by atoms with Crippen molar-refractivity contribution in [2.75, 3.05) is 24.5 Å². The number of rotatable bonds is 2. The highest BCUT2D eigenvalue weighted by Crippen LogP contribution is 2.42. The van der Waals surface area contributed by atoms with E-state index < -0.39 is 0 Å². The van der Waals surface area contributed by atoms with E-state index in [0.717, 1.165) is 38.9 Å². The van der Waals surface area contributed by atoms with Gasteiger partial charge in [-0.1, -0.05) is 42.5 Å². The van der Waals surface area contributed by atoms with Gasteiger partial charge in [-0.15, -0.1) is 12.4 Å². The first-order chi connectivity index (χ1) is 12.8. The van der Waals surface area contributed by atoms with Crippen LogP contribution < -0.4 is 4.90 Å². The minimum absolute atomic E-state index is 0. The Kier molecular flexibility index (Phi) is 5.19. The van der Waals surface area contributed by atoms with Crippen molar-refractivity contribution in [3.63, 3.8) is 0 Å². The molecule has 2 heterocycles. The van der Waals surface area contributed by atoms with Crippen LogP contribution in [-0.4, -0.2) is 47.3 Å². The molecule has 3 aliphatic rings. The molecule has 27 heavy (non-hydrogen) atoms. The summed E-state index contributed by atoms with van der Waals surface area (Å²) in [6.07, 6.45) is 5.20. The van der Waals surface area contributed by atoms with Crippen LogP contribution in [0.15, 0.2) is 54.6 Å². The van der Waals surface area contributed by atoms with Crippen molar-refractivity contribution in [3.05, 3.63) is 65.7 Å². The Morgan fingerprint density at radius 2 is 1.41 bits per heavy atom. The largest absolute Gasteiger partial charge is 0.391 e. The van der Waals surface area contributed by atoms with Crippen LogP contribution in [0.25, 0.3) is 0 Å². The molecule has 1 spiro atoms. The van der Waals surface area contributed by atoms with E-state index in [2.05, 4.69) is 64.4 Å². The van der Waals surface area contributed by atoms with Crippen molar-refractivity contribution in [1.82, 2.24) is 4.90 Å². The van der Waals surface area contributed by atoms with Gasteiger partial charge < -0.3 is 10.0 Å². The number of hydrogen-bond acceptors (Lipinski definition) is 3. The van der Waals surface area contributed by atoms with Crippen LogP contribution in [0.2, 0.25) is 0 Å². The van der Waals surface area contributed by atoms with Gasteiger partial charge in [0.25, 0.3) is 0 Å². The zero-order valence-corrected chi connectivity index (χ0v) is 16.6. The van der Waals surface area contributed by atoms with Gasteiger partial charge in [-0.3, -0.25) is 4.90 Å². The Morgan fingerprint density at radius 3 is 2.04 bits per heavy atom. The molecule has 2 aliphatic heterocycles. The molecular weight excluding hydrogens is 356 g/mol. The number of likely N-dealkylation sites (tertiary alicyclic amines) is 1. The summed E-state index contributed by atoms with van der Waals surface area (Å²) in [6, 6.07) is 20.2. The van der Waals surface area contributed by atoms with Crippen LogP contribution in [0, 0.1) is 0 Å². The van der Waals surface area contributed by atoms with Gasteiger partial charge in [-0.2, -0.15) is 0 Å². The minimum Gasteiger partial charge on any atom is -0.391 e. The normalized spacial score (nSPS) is 24.8. The van der Waals surface area contributed by atoms with Gasteiger partial charge in [0.1, 0.15) is 0 Å². The number of aliphatic hydroxyl groups excluding tert-OH is 1. The fourth-order valence-corrected chi connectivity index (χ4v) is 5.59. The van der Waals surface area contributed by atoms with E-state index in [1.165, 1.54) is 29.7 Å². The van der Waals surface area contributed by atoms with Gasteiger partial charge in [0.2, 0.25) is 0 Å². The Labute approximate surface area is 168 Å². The summed E-state index contributed by atoms with van der Waals surface area (Å²) in [5, 5.41) is 10.9. The SMILES string of the molecule is Cl.OC1CCN(c2ccccc2)C12CCN(C1Cc3ccccc3C1)CC2. The van der Waals surface area contributed by atoms with Crippen molar-refractivity contribution in [3.8, 4) is 0 Å². The van der Waals surface area contributed by atoms with Crippen LogP contribution in [0.3, 0.4) is 0 Å². The summed E-state index contributed by atoms with van der Waals surface area (Å²) in [5.41, 5.74) is 4.27. The molecule has 0 amide bonds. The number of halogens is 1. The monoisotopic (exact) mass is 384 g/mol. The number of fused-ring (bicyclic) bond motifs is 1. The third-order valence-electron chi connectivity index (χ3n) is 7.06. The molecule has 2 saturated heterocycles. The van der Waals surface area contributed by atoms with E-state index in [0.29, 0.717) is 6.04 Å². The van der Waals surface area contributed by atoms with E-state index in [-0.39, 0.29) is 24.0 Å². The molecule has 2 aromatic rings. The molecule has 1 aliphatic carbocycles. The van der Waals surface area contributed by atoms with Gasteiger partial charge in [0, 0.05) is 31.4 Å². The average Bonchev–Trinajstić information content (AvgIpc) is 3.25. The zero-order chi connectivity index (χ0) is 17.6. The lowest BCUT2D eigenvalue weighted by Gasteiger charge is -2.48. The highest BCUT2D eigenvalue weighted by atomic mass is 35.5. The van der Waals surface area contributed by atoms with Gasteiger partial charge in [0.15, 0.2) is 0 Å². The third-order valence-corrected chi connectivity index (χ3v) is 7.06. The van der Waals surface area contributed by atoms with Gasteiger partial charge in [0.05, 0.1) is 11.6 Å². The maximum atomic E-state index is 10.9. The van der Waals surface area contributed by atoms with Crippen molar-refractivity contribution < 1.29 is 5.11 Å². The first kappa shape index (κ1) is 18.8. The highest BCUT2D eigenvalue weighted by Gasteiger charge is 2.50. The predicted molar refractivity (Wildman–Crippen MR) is 113 cm³/mol. The van der Waals surface area contributed by atoms with E-state index in [1.807, 2.05) is 0 Å². The van der Waals surface area contributed by atoms with Gasteiger partial charge >= 0.3 is 0 Å². The molecule has 5 rings (SSSR count). The lowest BCUT2D eigenvalue weighted by molar-refractivity contribution is 0.0428. The molecule has 2 aromatic carbocycles. The van der Waals surface area contributed by atoms with Crippen LogP contribution >= 0.6 is 12.4 Å². The Balaban J connectivity index is 0.00000180. The molecule has 144 valence electrons. The standard InChI is InChI=1S/C23H28N2O.ClH/c26-22-10-13-25(20-8-2-1-3-9-20)23(22)11-14-24(15-12-23)21-16-18-6-4-5-7-19(18)17-21;/h1-9,21-22,26H,10-17H2;1H. The van der Waals surface area contributed by atoms with E-state index in [9.17, 15) is 5.11 Å². The number of para-hydroxylation sites is 1. The van der Waals surface area contributed by atoms with Crippen LogP contribution in [0.5, 0.6) is 0 Å². The molecule has 0 bridgehead atoms. The molecule has 2 fully saturated rings. The van der Waals surface area contributed by atoms with E-state index >= 15 is 0 Å². The summed E-state index contributed by atoms with van der Waals surface area (Å²) >= 11 is 0. The van der Waals surface area contributed by atoms with Crippen LogP contribution in [0.1, 0.15) is 30.4 Å². The number of hydrogen-bond donors (Lipinski definition) is 1. The average molecular weight is 385 g/mol. The second kappa shape index (κ2) is 7.46.